The Morgan fingerprint density at radius 3 is 2.61 bits per heavy atom. The third-order valence-corrected chi connectivity index (χ3v) is 4.38. The molecule has 1 amide bonds. The largest absolute Gasteiger partial charge is 0.417 e. The zero-order valence-electron chi connectivity index (χ0n) is 13.7. The van der Waals surface area contributed by atoms with Crippen LogP contribution in [0.2, 0.25) is 0 Å². The molecule has 0 radical (unpaired) electrons. The van der Waals surface area contributed by atoms with Gasteiger partial charge < -0.3 is 4.90 Å². The summed E-state index contributed by atoms with van der Waals surface area (Å²) in [7, 11) is 0. The molecule has 128 valence electrons. The molecule has 7 heteroatoms. The average Bonchev–Trinajstić information content (AvgIpc) is 2.53. The molecule has 1 atom stereocenters. The van der Waals surface area contributed by atoms with Crippen molar-refractivity contribution >= 4 is 5.91 Å². The summed E-state index contributed by atoms with van der Waals surface area (Å²) >= 11 is 0. The van der Waals surface area contributed by atoms with E-state index in [4.69, 9.17) is 0 Å². The zero-order chi connectivity index (χ0) is 17.2. The fourth-order valence-corrected chi connectivity index (χ4v) is 2.89. The van der Waals surface area contributed by atoms with E-state index < -0.39 is 11.7 Å². The molecule has 1 aromatic heterocycles. The van der Waals surface area contributed by atoms with Crippen molar-refractivity contribution in [2.24, 2.45) is 0 Å². The summed E-state index contributed by atoms with van der Waals surface area (Å²) in [4.78, 5) is 20.0. The number of carbonyl (C=O) groups is 1. The van der Waals surface area contributed by atoms with Crippen LogP contribution < -0.4 is 0 Å². The van der Waals surface area contributed by atoms with Crippen molar-refractivity contribution < 1.29 is 18.0 Å². The van der Waals surface area contributed by atoms with Crippen LogP contribution in [0.1, 0.15) is 37.6 Å². The molecule has 1 unspecified atom stereocenters. The molecule has 0 N–H and O–H groups in total. The summed E-state index contributed by atoms with van der Waals surface area (Å²) in [5.74, 6) is 0.0124. The van der Waals surface area contributed by atoms with E-state index in [-0.39, 0.29) is 11.9 Å². The number of aromatic nitrogens is 1. The van der Waals surface area contributed by atoms with Crippen molar-refractivity contribution in [2.45, 2.75) is 46.0 Å². The summed E-state index contributed by atoms with van der Waals surface area (Å²) in [6.45, 7) is 7.85. The Bertz CT molecular complexity index is 570. The number of fused-ring (bicyclic) bond motifs is 1. The van der Waals surface area contributed by atoms with Gasteiger partial charge in [-0.25, -0.2) is 0 Å². The maximum Gasteiger partial charge on any atom is 0.417 e. The van der Waals surface area contributed by atoms with Gasteiger partial charge in [0.15, 0.2) is 0 Å². The van der Waals surface area contributed by atoms with E-state index in [0.29, 0.717) is 43.9 Å². The highest BCUT2D eigenvalue weighted by atomic mass is 19.4. The van der Waals surface area contributed by atoms with Gasteiger partial charge in [0.25, 0.3) is 0 Å². The van der Waals surface area contributed by atoms with E-state index in [1.807, 2.05) is 25.7 Å². The fraction of sp³-hybridized carbons (Fsp3) is 0.625. The number of carbonyl (C=O) groups excluding carboxylic acids is 1. The average molecular weight is 329 g/mol. The number of hydrogen-bond donors (Lipinski definition) is 0. The van der Waals surface area contributed by atoms with Crippen LogP contribution in [0.4, 0.5) is 13.2 Å². The molecule has 0 spiro atoms. The molecule has 1 aliphatic rings. The molecule has 0 bridgehead atoms. The number of pyridine rings is 1. The molecule has 1 aromatic rings. The van der Waals surface area contributed by atoms with Gasteiger partial charge in [-0.15, -0.1) is 0 Å². The number of likely N-dealkylation sites (N-methyl/N-ethyl adjacent to an activating group) is 1. The highest BCUT2D eigenvalue weighted by molar-refractivity contribution is 5.81. The highest BCUT2D eigenvalue weighted by Crippen LogP contribution is 2.31. The predicted molar refractivity (Wildman–Crippen MR) is 80.7 cm³/mol. The maximum atomic E-state index is 12.8. The molecular weight excluding hydrogens is 307 g/mol. The topological polar surface area (TPSA) is 36.4 Å². The van der Waals surface area contributed by atoms with Crippen LogP contribution in [0, 0.1) is 0 Å². The monoisotopic (exact) mass is 329 g/mol. The number of halogens is 3. The molecule has 23 heavy (non-hydrogen) atoms. The van der Waals surface area contributed by atoms with Gasteiger partial charge in [0.05, 0.1) is 11.6 Å². The van der Waals surface area contributed by atoms with Gasteiger partial charge in [-0.2, -0.15) is 13.2 Å². The third-order valence-electron chi connectivity index (χ3n) is 4.38. The molecule has 0 aliphatic carbocycles. The molecule has 0 fully saturated rings. The van der Waals surface area contributed by atoms with Gasteiger partial charge in [-0.3, -0.25) is 14.7 Å². The van der Waals surface area contributed by atoms with Gasteiger partial charge in [0, 0.05) is 44.5 Å². The van der Waals surface area contributed by atoms with Crippen molar-refractivity contribution in [3.8, 4) is 0 Å². The number of amides is 1. The Morgan fingerprint density at radius 1 is 1.39 bits per heavy atom. The standard InChI is InChI=1S/C16H22F3N3O/c1-4-21(5-2)15(23)11(3)22-7-6-14-12(10-22)8-13(9-20-14)16(17,18)19/h8-9,11H,4-7,10H2,1-3H3. The molecule has 0 aromatic carbocycles. The lowest BCUT2D eigenvalue weighted by Crippen LogP contribution is -2.48. The Labute approximate surface area is 134 Å². The van der Waals surface area contributed by atoms with Crippen molar-refractivity contribution in [1.29, 1.82) is 0 Å². The van der Waals surface area contributed by atoms with Crippen LogP contribution in [0.25, 0.3) is 0 Å². The Morgan fingerprint density at radius 2 is 2.04 bits per heavy atom. The first-order valence-electron chi connectivity index (χ1n) is 7.85. The molecule has 2 heterocycles. The summed E-state index contributed by atoms with van der Waals surface area (Å²) in [5, 5.41) is 0. The van der Waals surface area contributed by atoms with Gasteiger partial charge in [0.1, 0.15) is 0 Å². The highest BCUT2D eigenvalue weighted by Gasteiger charge is 2.33. The van der Waals surface area contributed by atoms with Crippen molar-refractivity contribution in [3.05, 3.63) is 29.1 Å². The number of rotatable bonds is 4. The smallest absolute Gasteiger partial charge is 0.342 e. The summed E-state index contributed by atoms with van der Waals surface area (Å²) in [6, 6.07) is 0.806. The van der Waals surface area contributed by atoms with Crippen molar-refractivity contribution in [2.75, 3.05) is 19.6 Å². The minimum atomic E-state index is -4.40. The quantitative estimate of drug-likeness (QED) is 0.852. The molecule has 0 saturated heterocycles. The van der Waals surface area contributed by atoms with Gasteiger partial charge in [-0.05, 0) is 32.4 Å². The number of alkyl halides is 3. The van der Waals surface area contributed by atoms with Gasteiger partial charge in [-0.1, -0.05) is 0 Å². The first kappa shape index (κ1) is 17.7. The van der Waals surface area contributed by atoms with E-state index >= 15 is 0 Å². The third kappa shape index (κ3) is 3.83. The van der Waals surface area contributed by atoms with E-state index in [1.54, 1.807) is 4.90 Å². The second-order valence-electron chi connectivity index (χ2n) is 5.73. The van der Waals surface area contributed by atoms with Gasteiger partial charge in [0.2, 0.25) is 5.91 Å². The fourth-order valence-electron chi connectivity index (χ4n) is 2.89. The lowest BCUT2D eigenvalue weighted by atomic mass is 10.0. The van der Waals surface area contributed by atoms with Crippen molar-refractivity contribution in [3.63, 3.8) is 0 Å². The van der Waals surface area contributed by atoms with Crippen LogP contribution in [0.5, 0.6) is 0 Å². The second-order valence-corrected chi connectivity index (χ2v) is 5.73. The Hall–Kier alpha value is -1.63. The minimum absolute atomic E-state index is 0.0124. The predicted octanol–water partition coefficient (Wildman–Crippen LogP) is 2.72. The molecule has 0 saturated carbocycles. The molecule has 1 aliphatic heterocycles. The van der Waals surface area contributed by atoms with E-state index in [9.17, 15) is 18.0 Å². The lowest BCUT2D eigenvalue weighted by Gasteiger charge is -2.35. The Kier molecular flexibility index (Phi) is 5.29. The van der Waals surface area contributed by atoms with E-state index in [2.05, 4.69) is 4.98 Å². The Balaban J connectivity index is 2.17. The number of hydrogen-bond acceptors (Lipinski definition) is 3. The normalized spacial score (nSPS) is 16.8. The minimum Gasteiger partial charge on any atom is -0.342 e. The van der Waals surface area contributed by atoms with Crippen LogP contribution in [-0.2, 0) is 23.9 Å². The summed E-state index contributed by atoms with van der Waals surface area (Å²) < 4.78 is 38.5. The summed E-state index contributed by atoms with van der Waals surface area (Å²) in [5.41, 5.74) is 0.517. The van der Waals surface area contributed by atoms with Crippen molar-refractivity contribution in [1.82, 2.24) is 14.8 Å². The van der Waals surface area contributed by atoms with Crippen LogP contribution >= 0.6 is 0 Å². The van der Waals surface area contributed by atoms with E-state index in [1.165, 1.54) is 0 Å². The molecular formula is C16H22F3N3O. The van der Waals surface area contributed by atoms with Gasteiger partial charge >= 0.3 is 6.18 Å². The molecule has 4 nitrogen and oxygen atoms in total. The first-order chi connectivity index (χ1) is 10.8. The second kappa shape index (κ2) is 6.86. The first-order valence-corrected chi connectivity index (χ1v) is 7.85. The maximum absolute atomic E-state index is 12.8. The number of nitrogens with zero attached hydrogens (tertiary/aromatic N) is 3. The zero-order valence-corrected chi connectivity index (χ0v) is 13.7. The lowest BCUT2D eigenvalue weighted by molar-refractivity contribution is -0.138. The van der Waals surface area contributed by atoms with Crippen LogP contribution in [0.15, 0.2) is 12.3 Å². The summed E-state index contributed by atoms with van der Waals surface area (Å²) in [6.07, 6.45) is -2.95. The van der Waals surface area contributed by atoms with E-state index in [0.717, 1.165) is 12.3 Å². The van der Waals surface area contributed by atoms with Crippen LogP contribution in [-0.4, -0.2) is 46.4 Å². The SMILES string of the molecule is CCN(CC)C(=O)C(C)N1CCc2ncc(C(F)(F)F)cc2C1. The molecule has 2 rings (SSSR count). The van der Waals surface area contributed by atoms with Crippen LogP contribution in [0.3, 0.4) is 0 Å².